The Balaban J connectivity index is 1.54. The monoisotopic (exact) mass is 399 g/mol. The van der Waals surface area contributed by atoms with Crippen LogP contribution in [0.5, 0.6) is 0 Å². The molecule has 2 aromatic carbocycles. The Morgan fingerprint density at radius 3 is 2.79 bits per heavy atom. The van der Waals surface area contributed by atoms with Crippen molar-refractivity contribution in [2.24, 2.45) is 0 Å². The molecule has 0 fully saturated rings. The standard InChI is InChI=1S/C22H26ClN3O2/c1-2-28-15-14-26-20-11-6-5-10-19(20)25-21(26)12-7-13-24-22(27)16-17-8-3-4-9-18(17)23/h3-6,8-11H,2,7,12-16H2,1H3,(H,24,27). The van der Waals surface area contributed by atoms with Crippen LogP contribution >= 0.6 is 11.6 Å². The molecule has 3 aromatic rings. The van der Waals surface area contributed by atoms with Crippen LogP contribution in [0.1, 0.15) is 24.7 Å². The van der Waals surface area contributed by atoms with E-state index in [4.69, 9.17) is 21.3 Å². The summed E-state index contributed by atoms with van der Waals surface area (Å²) in [5.74, 6) is 1.01. The normalized spacial score (nSPS) is 11.1. The summed E-state index contributed by atoms with van der Waals surface area (Å²) in [6, 6.07) is 15.6. The first-order valence-electron chi connectivity index (χ1n) is 9.71. The molecule has 5 nitrogen and oxygen atoms in total. The number of hydrogen-bond acceptors (Lipinski definition) is 3. The van der Waals surface area contributed by atoms with Crippen molar-refractivity contribution < 1.29 is 9.53 Å². The van der Waals surface area contributed by atoms with E-state index in [1.807, 2.05) is 43.3 Å². The zero-order valence-corrected chi connectivity index (χ0v) is 16.9. The molecule has 0 aliphatic rings. The number of halogens is 1. The Labute approximate surface area is 170 Å². The number of nitrogens with one attached hydrogen (secondary N) is 1. The van der Waals surface area contributed by atoms with E-state index < -0.39 is 0 Å². The Morgan fingerprint density at radius 1 is 1.18 bits per heavy atom. The van der Waals surface area contributed by atoms with Gasteiger partial charge in [0.25, 0.3) is 0 Å². The molecule has 6 heteroatoms. The van der Waals surface area contributed by atoms with E-state index >= 15 is 0 Å². The number of aromatic nitrogens is 2. The third kappa shape index (κ3) is 5.33. The lowest BCUT2D eigenvalue weighted by atomic mass is 10.1. The molecule has 1 N–H and O–H groups in total. The first-order chi connectivity index (χ1) is 13.7. The molecule has 3 rings (SSSR count). The third-order valence-electron chi connectivity index (χ3n) is 4.61. The van der Waals surface area contributed by atoms with Gasteiger partial charge in [0.2, 0.25) is 5.91 Å². The summed E-state index contributed by atoms with van der Waals surface area (Å²) in [4.78, 5) is 16.9. The molecule has 0 saturated heterocycles. The minimum atomic E-state index is -0.0158. The highest BCUT2D eigenvalue weighted by Crippen LogP contribution is 2.17. The highest BCUT2D eigenvalue weighted by molar-refractivity contribution is 6.31. The van der Waals surface area contributed by atoms with Gasteiger partial charge in [-0.05, 0) is 37.1 Å². The minimum absolute atomic E-state index is 0.0158. The topological polar surface area (TPSA) is 56.1 Å². The summed E-state index contributed by atoms with van der Waals surface area (Å²) in [5, 5.41) is 3.60. The number of fused-ring (bicyclic) bond motifs is 1. The van der Waals surface area contributed by atoms with Gasteiger partial charge in [0.15, 0.2) is 0 Å². The van der Waals surface area contributed by atoms with Crippen molar-refractivity contribution in [2.45, 2.75) is 32.7 Å². The molecule has 0 unspecified atom stereocenters. The number of carbonyl (C=O) groups excluding carboxylic acids is 1. The number of carbonyl (C=O) groups is 1. The summed E-state index contributed by atoms with van der Waals surface area (Å²) in [6.45, 7) is 4.76. The second kappa shape index (κ2) is 10.2. The second-order valence-electron chi connectivity index (χ2n) is 6.59. The third-order valence-corrected chi connectivity index (χ3v) is 4.97. The van der Waals surface area contributed by atoms with Crippen molar-refractivity contribution >= 4 is 28.5 Å². The number of imidazole rings is 1. The van der Waals surface area contributed by atoms with E-state index in [-0.39, 0.29) is 5.91 Å². The van der Waals surface area contributed by atoms with Gasteiger partial charge in [-0.1, -0.05) is 41.9 Å². The second-order valence-corrected chi connectivity index (χ2v) is 6.99. The van der Waals surface area contributed by atoms with Crippen LogP contribution in [0.25, 0.3) is 11.0 Å². The minimum Gasteiger partial charge on any atom is -0.380 e. The Kier molecular flexibility index (Phi) is 7.46. The molecule has 0 atom stereocenters. The molecular weight excluding hydrogens is 374 g/mol. The Bertz CT molecular complexity index is 923. The molecule has 0 radical (unpaired) electrons. The molecule has 0 bridgehead atoms. The smallest absolute Gasteiger partial charge is 0.224 e. The zero-order valence-electron chi connectivity index (χ0n) is 16.2. The van der Waals surface area contributed by atoms with Gasteiger partial charge in [0, 0.05) is 31.1 Å². The van der Waals surface area contributed by atoms with E-state index in [1.165, 1.54) is 0 Å². The van der Waals surface area contributed by atoms with Crippen molar-refractivity contribution in [1.82, 2.24) is 14.9 Å². The van der Waals surface area contributed by atoms with Crippen molar-refractivity contribution in [2.75, 3.05) is 19.8 Å². The number of nitrogens with zero attached hydrogens (tertiary/aromatic N) is 2. The number of aryl methyl sites for hydroxylation is 1. The quantitative estimate of drug-likeness (QED) is 0.524. The van der Waals surface area contributed by atoms with Crippen LogP contribution < -0.4 is 5.32 Å². The Morgan fingerprint density at radius 2 is 1.96 bits per heavy atom. The van der Waals surface area contributed by atoms with Crippen LogP contribution in [0, 0.1) is 0 Å². The SMILES string of the molecule is CCOCCn1c(CCCNC(=O)Cc2ccccc2Cl)nc2ccccc21. The van der Waals surface area contributed by atoms with Crippen molar-refractivity contribution in [1.29, 1.82) is 0 Å². The molecule has 148 valence electrons. The van der Waals surface area contributed by atoms with Crippen LogP contribution in [0.3, 0.4) is 0 Å². The summed E-state index contributed by atoms with van der Waals surface area (Å²) in [5.41, 5.74) is 2.97. The van der Waals surface area contributed by atoms with Crippen LogP contribution in [-0.4, -0.2) is 35.2 Å². The lowest BCUT2D eigenvalue weighted by molar-refractivity contribution is -0.120. The molecule has 1 aromatic heterocycles. The molecule has 28 heavy (non-hydrogen) atoms. The maximum atomic E-state index is 12.2. The predicted molar refractivity (Wildman–Crippen MR) is 113 cm³/mol. The maximum Gasteiger partial charge on any atom is 0.224 e. The van der Waals surface area contributed by atoms with E-state index in [2.05, 4.69) is 16.0 Å². The fraction of sp³-hybridized carbons (Fsp3) is 0.364. The highest BCUT2D eigenvalue weighted by atomic mass is 35.5. The lowest BCUT2D eigenvalue weighted by Gasteiger charge is -2.10. The summed E-state index contributed by atoms with van der Waals surface area (Å²) < 4.78 is 7.74. The van der Waals surface area contributed by atoms with E-state index in [0.29, 0.717) is 31.2 Å². The number of hydrogen-bond donors (Lipinski definition) is 1. The predicted octanol–water partition coefficient (Wildman–Crippen LogP) is 4.02. The van der Waals surface area contributed by atoms with Gasteiger partial charge in [-0.2, -0.15) is 0 Å². The van der Waals surface area contributed by atoms with E-state index in [0.717, 1.165) is 41.8 Å². The van der Waals surface area contributed by atoms with Gasteiger partial charge in [-0.25, -0.2) is 4.98 Å². The molecule has 0 saturated carbocycles. The van der Waals surface area contributed by atoms with Crippen LogP contribution in [0.2, 0.25) is 5.02 Å². The van der Waals surface area contributed by atoms with Crippen molar-refractivity contribution in [3.8, 4) is 0 Å². The van der Waals surface area contributed by atoms with E-state index in [9.17, 15) is 4.79 Å². The first-order valence-corrected chi connectivity index (χ1v) is 10.1. The fourth-order valence-corrected chi connectivity index (χ4v) is 3.42. The van der Waals surface area contributed by atoms with Crippen molar-refractivity contribution in [3.63, 3.8) is 0 Å². The fourth-order valence-electron chi connectivity index (χ4n) is 3.22. The zero-order chi connectivity index (χ0) is 19.8. The van der Waals surface area contributed by atoms with Gasteiger partial charge in [0.05, 0.1) is 24.1 Å². The van der Waals surface area contributed by atoms with Crippen LogP contribution in [-0.2, 0) is 28.9 Å². The number of ether oxygens (including phenoxy) is 1. The maximum absolute atomic E-state index is 12.2. The van der Waals surface area contributed by atoms with Gasteiger partial charge < -0.3 is 14.6 Å². The summed E-state index contributed by atoms with van der Waals surface area (Å²) in [6.07, 6.45) is 1.92. The average molecular weight is 400 g/mol. The first kappa shape index (κ1) is 20.4. The molecule has 0 aliphatic heterocycles. The number of benzene rings is 2. The molecule has 1 heterocycles. The van der Waals surface area contributed by atoms with Crippen LogP contribution in [0.4, 0.5) is 0 Å². The van der Waals surface area contributed by atoms with Gasteiger partial charge in [0.1, 0.15) is 5.82 Å². The summed E-state index contributed by atoms with van der Waals surface area (Å²) in [7, 11) is 0. The lowest BCUT2D eigenvalue weighted by Crippen LogP contribution is -2.26. The average Bonchev–Trinajstić information content (AvgIpc) is 3.05. The Hall–Kier alpha value is -2.37. The molecule has 0 spiro atoms. The van der Waals surface area contributed by atoms with Gasteiger partial charge in [-0.15, -0.1) is 0 Å². The molecule has 0 aliphatic carbocycles. The van der Waals surface area contributed by atoms with Crippen LogP contribution in [0.15, 0.2) is 48.5 Å². The summed E-state index contributed by atoms with van der Waals surface area (Å²) >= 11 is 6.12. The highest BCUT2D eigenvalue weighted by Gasteiger charge is 2.11. The van der Waals surface area contributed by atoms with Crippen molar-refractivity contribution in [3.05, 3.63) is 64.9 Å². The largest absolute Gasteiger partial charge is 0.380 e. The van der Waals surface area contributed by atoms with E-state index in [1.54, 1.807) is 6.07 Å². The van der Waals surface area contributed by atoms with Gasteiger partial charge in [-0.3, -0.25) is 4.79 Å². The number of para-hydroxylation sites is 2. The van der Waals surface area contributed by atoms with Gasteiger partial charge >= 0.3 is 0 Å². The molecular formula is C22H26ClN3O2. The molecule has 1 amide bonds. The number of rotatable bonds is 10. The number of amides is 1.